The van der Waals surface area contributed by atoms with Gasteiger partial charge >= 0.3 is 5.97 Å². The molecule has 0 spiro atoms. The minimum Gasteiger partial charge on any atom is -0.456 e. The molecule has 0 aromatic heterocycles. The zero-order valence-electron chi connectivity index (χ0n) is 14.2. The second kappa shape index (κ2) is 9.49. The Bertz CT molecular complexity index is 837. The van der Waals surface area contributed by atoms with E-state index in [2.05, 4.69) is 5.32 Å². The van der Waals surface area contributed by atoms with Crippen LogP contribution in [0.25, 0.3) is 0 Å². The third-order valence-corrected chi connectivity index (χ3v) is 3.79. The number of rotatable bonds is 8. The summed E-state index contributed by atoms with van der Waals surface area (Å²) >= 11 is 5.76. The van der Waals surface area contributed by atoms with Crippen LogP contribution in [-0.2, 0) is 14.3 Å². The fourth-order valence-corrected chi connectivity index (χ4v) is 2.31. The van der Waals surface area contributed by atoms with Crippen molar-refractivity contribution in [2.45, 2.75) is 12.5 Å². The number of amides is 2. The zero-order chi connectivity index (χ0) is 19.8. The van der Waals surface area contributed by atoms with Crippen molar-refractivity contribution >= 4 is 35.2 Å². The van der Waals surface area contributed by atoms with Crippen LogP contribution >= 0.6 is 11.6 Å². The molecule has 0 saturated carbocycles. The second-order valence-electron chi connectivity index (χ2n) is 5.60. The first-order chi connectivity index (χ1) is 12.9. The summed E-state index contributed by atoms with van der Waals surface area (Å²) in [6, 6.07) is 12.9. The minimum absolute atomic E-state index is 0.238. The minimum atomic E-state index is -1.31. The van der Waals surface area contributed by atoms with Gasteiger partial charge in [-0.1, -0.05) is 41.9 Å². The largest absolute Gasteiger partial charge is 0.456 e. The van der Waals surface area contributed by atoms with E-state index in [1.54, 1.807) is 30.3 Å². The Morgan fingerprint density at radius 2 is 1.59 bits per heavy atom. The third kappa shape index (κ3) is 6.23. The van der Waals surface area contributed by atoms with Crippen LogP contribution in [0.4, 0.5) is 0 Å². The van der Waals surface area contributed by atoms with E-state index >= 15 is 0 Å². The van der Waals surface area contributed by atoms with Gasteiger partial charge in [-0.05, 0) is 24.3 Å². The van der Waals surface area contributed by atoms with Crippen molar-refractivity contribution in [1.82, 2.24) is 5.32 Å². The Morgan fingerprint density at radius 3 is 2.19 bits per heavy atom. The van der Waals surface area contributed by atoms with Gasteiger partial charge in [0.2, 0.25) is 5.91 Å². The van der Waals surface area contributed by atoms with Gasteiger partial charge in [0, 0.05) is 16.1 Å². The number of carbonyl (C=O) groups excluding carboxylic acids is 4. The summed E-state index contributed by atoms with van der Waals surface area (Å²) in [6.45, 7) is -0.519. The van der Waals surface area contributed by atoms with Crippen molar-refractivity contribution in [3.8, 4) is 0 Å². The summed E-state index contributed by atoms with van der Waals surface area (Å²) in [5.74, 6) is -2.75. The van der Waals surface area contributed by atoms with Crippen molar-refractivity contribution in [2.75, 3.05) is 6.61 Å². The molecule has 0 heterocycles. The first kappa shape index (κ1) is 20.1. The predicted molar refractivity (Wildman–Crippen MR) is 98.2 cm³/mol. The molecule has 2 aromatic rings. The molecule has 140 valence electrons. The number of hydrogen-bond acceptors (Lipinski definition) is 5. The molecule has 2 amide bonds. The summed E-state index contributed by atoms with van der Waals surface area (Å²) < 4.78 is 4.95. The van der Waals surface area contributed by atoms with Crippen LogP contribution < -0.4 is 11.1 Å². The van der Waals surface area contributed by atoms with Gasteiger partial charge < -0.3 is 15.8 Å². The zero-order valence-corrected chi connectivity index (χ0v) is 14.9. The van der Waals surface area contributed by atoms with Crippen molar-refractivity contribution in [1.29, 1.82) is 0 Å². The number of benzene rings is 2. The highest BCUT2D eigenvalue weighted by Gasteiger charge is 2.25. The van der Waals surface area contributed by atoms with Gasteiger partial charge in [0.05, 0.1) is 6.42 Å². The van der Waals surface area contributed by atoms with E-state index in [-0.39, 0.29) is 5.56 Å². The molecule has 1 atom stereocenters. The number of carbonyl (C=O) groups is 4. The van der Waals surface area contributed by atoms with Crippen molar-refractivity contribution in [3.05, 3.63) is 70.7 Å². The molecular formula is C19H17ClN2O5. The maximum absolute atomic E-state index is 12.2. The average Bonchev–Trinajstić information content (AvgIpc) is 2.66. The van der Waals surface area contributed by atoms with Crippen LogP contribution in [0.2, 0.25) is 5.02 Å². The van der Waals surface area contributed by atoms with E-state index in [9.17, 15) is 19.2 Å². The van der Waals surface area contributed by atoms with E-state index in [1.165, 1.54) is 24.3 Å². The molecule has 27 heavy (non-hydrogen) atoms. The first-order valence-electron chi connectivity index (χ1n) is 7.96. The number of ketones is 1. The average molecular weight is 389 g/mol. The van der Waals surface area contributed by atoms with Gasteiger partial charge in [0.15, 0.2) is 12.4 Å². The number of hydrogen-bond donors (Lipinski definition) is 2. The summed E-state index contributed by atoms with van der Waals surface area (Å²) in [6.07, 6.45) is -0.461. The number of Topliss-reactive ketones (excluding diaryl/α,β-unsaturated/α-hetero) is 1. The Labute approximate surface area is 160 Å². The molecule has 2 rings (SSSR count). The van der Waals surface area contributed by atoms with Crippen molar-refractivity contribution in [3.63, 3.8) is 0 Å². The second-order valence-corrected chi connectivity index (χ2v) is 6.04. The quantitative estimate of drug-likeness (QED) is 0.528. The molecule has 0 aliphatic rings. The topological polar surface area (TPSA) is 116 Å². The van der Waals surface area contributed by atoms with E-state index in [1.807, 2.05) is 0 Å². The molecule has 0 radical (unpaired) electrons. The molecule has 0 bridgehead atoms. The van der Waals surface area contributed by atoms with Crippen LogP contribution in [-0.4, -0.2) is 36.2 Å². The number of halogens is 1. The SMILES string of the molecule is NC(=O)C[C@@H](NC(=O)c1ccc(Cl)cc1)C(=O)OCC(=O)c1ccccc1. The van der Waals surface area contributed by atoms with Gasteiger partial charge in [-0.25, -0.2) is 4.79 Å². The molecule has 7 nitrogen and oxygen atoms in total. The molecule has 3 N–H and O–H groups in total. The van der Waals surface area contributed by atoms with Gasteiger partial charge in [0.25, 0.3) is 5.91 Å². The lowest BCUT2D eigenvalue weighted by Crippen LogP contribution is -2.44. The van der Waals surface area contributed by atoms with E-state index in [0.29, 0.717) is 10.6 Å². The predicted octanol–water partition coefficient (Wildman–Crippen LogP) is 1.74. The summed E-state index contributed by atoms with van der Waals surface area (Å²) in [5.41, 5.74) is 5.74. The van der Waals surface area contributed by atoms with E-state index < -0.39 is 42.6 Å². The molecule has 0 fully saturated rings. The van der Waals surface area contributed by atoms with E-state index in [0.717, 1.165) is 0 Å². The normalized spacial score (nSPS) is 11.3. The lowest BCUT2D eigenvalue weighted by Gasteiger charge is -2.16. The smallest absolute Gasteiger partial charge is 0.329 e. The molecular weight excluding hydrogens is 372 g/mol. The molecule has 0 aliphatic carbocycles. The fourth-order valence-electron chi connectivity index (χ4n) is 2.18. The standard InChI is InChI=1S/C19H17ClN2O5/c20-14-8-6-13(7-9-14)18(25)22-15(10-17(21)24)19(26)27-11-16(23)12-4-2-1-3-5-12/h1-9,15H,10-11H2,(H2,21,24)(H,22,25)/t15-/m1/s1. The van der Waals surface area contributed by atoms with Crippen LogP contribution in [0.1, 0.15) is 27.1 Å². The molecule has 8 heteroatoms. The third-order valence-electron chi connectivity index (χ3n) is 3.54. The van der Waals surface area contributed by atoms with Crippen LogP contribution in [0.15, 0.2) is 54.6 Å². The fraction of sp³-hybridized carbons (Fsp3) is 0.158. The van der Waals surface area contributed by atoms with Crippen LogP contribution in [0, 0.1) is 0 Å². The lowest BCUT2D eigenvalue weighted by molar-refractivity contribution is -0.146. The maximum atomic E-state index is 12.2. The van der Waals surface area contributed by atoms with Crippen molar-refractivity contribution in [2.24, 2.45) is 5.73 Å². The highest BCUT2D eigenvalue weighted by molar-refractivity contribution is 6.30. The molecule has 0 saturated heterocycles. The molecule has 2 aromatic carbocycles. The Balaban J connectivity index is 2.00. The Hall–Kier alpha value is -3.19. The summed E-state index contributed by atoms with van der Waals surface area (Å²) in [4.78, 5) is 47.7. The van der Waals surface area contributed by atoms with Crippen LogP contribution in [0.3, 0.4) is 0 Å². The van der Waals surface area contributed by atoms with Gasteiger partial charge in [0.1, 0.15) is 6.04 Å². The van der Waals surface area contributed by atoms with Crippen molar-refractivity contribution < 1.29 is 23.9 Å². The summed E-state index contributed by atoms with van der Waals surface area (Å²) in [7, 11) is 0. The Morgan fingerprint density at radius 1 is 0.963 bits per heavy atom. The van der Waals surface area contributed by atoms with Gasteiger partial charge in [-0.3, -0.25) is 14.4 Å². The first-order valence-corrected chi connectivity index (χ1v) is 8.34. The number of nitrogens with two attached hydrogens (primary N) is 1. The highest BCUT2D eigenvalue weighted by Crippen LogP contribution is 2.10. The highest BCUT2D eigenvalue weighted by atomic mass is 35.5. The number of primary amides is 1. The van der Waals surface area contributed by atoms with Gasteiger partial charge in [-0.2, -0.15) is 0 Å². The lowest BCUT2D eigenvalue weighted by atomic mass is 10.1. The molecule has 0 aliphatic heterocycles. The van der Waals surface area contributed by atoms with E-state index in [4.69, 9.17) is 22.1 Å². The Kier molecular flexibility index (Phi) is 7.08. The summed E-state index contributed by atoms with van der Waals surface area (Å²) in [5, 5.41) is 2.82. The maximum Gasteiger partial charge on any atom is 0.329 e. The number of nitrogens with one attached hydrogen (secondary N) is 1. The number of esters is 1. The van der Waals surface area contributed by atoms with Gasteiger partial charge in [-0.15, -0.1) is 0 Å². The van der Waals surface area contributed by atoms with Crippen LogP contribution in [0.5, 0.6) is 0 Å². The number of ether oxygens (including phenoxy) is 1. The molecule has 0 unspecified atom stereocenters. The monoisotopic (exact) mass is 388 g/mol.